The normalized spacial score (nSPS) is 11.5. The molecule has 19 nitrogen and oxygen atoms in total. The molecule has 4 aromatic rings. The van der Waals surface area contributed by atoms with Crippen LogP contribution >= 0.6 is 0 Å². The SMILES string of the molecule is CC(C)O.CC(C)O.COc1ccc(/C(O)=C/C(=O)C(C)(C)C)cc1OC.COc1ccc(/C(O)=C/C(=O)C(C)(C)C)cc1OC.COc1ccc(/C(O)=C/C(=O)C(C)(C)C)cc1OC.COc1ccc(/C(O)=C/C(=O)C(C)(C)C)cc1OC.[O]=[Ti].[Ti]. The topological polar surface area (TPSA) is 281 Å². The summed E-state index contributed by atoms with van der Waals surface area (Å²) in [7, 11) is 12.2. The number of ketones is 4. The van der Waals surface area contributed by atoms with Crippen molar-refractivity contribution in [2.24, 2.45) is 21.7 Å². The van der Waals surface area contributed by atoms with Crippen LogP contribution in [0, 0.1) is 21.7 Å². The van der Waals surface area contributed by atoms with Gasteiger partial charge in [-0.2, -0.15) is 0 Å². The van der Waals surface area contributed by atoms with Crippen molar-refractivity contribution in [2.45, 2.75) is 123 Å². The Balaban J connectivity index is -0.000000499. The van der Waals surface area contributed by atoms with Crippen molar-refractivity contribution in [1.82, 2.24) is 0 Å². The number of benzene rings is 4. The number of rotatable bonds is 16. The fraction of sp³-hybridized carbons (Fsp3) is 0.455. The molecule has 0 atom stereocenters. The summed E-state index contributed by atoms with van der Waals surface area (Å²) < 4.78 is 49.3. The molecule has 21 heteroatoms. The Bertz CT molecular complexity index is 2490. The average Bonchev–Trinajstić information content (AvgIpc) is 3.57. The van der Waals surface area contributed by atoms with Crippen LogP contribution in [0.1, 0.15) is 133 Å². The van der Waals surface area contributed by atoms with Crippen LogP contribution in [-0.2, 0) is 64.6 Å². The van der Waals surface area contributed by atoms with E-state index < -0.39 is 21.7 Å². The molecule has 0 radical (unpaired) electrons. The maximum Gasteiger partial charge on any atom is 0 e. The van der Waals surface area contributed by atoms with Crippen LogP contribution < -0.4 is 37.9 Å². The predicted molar refractivity (Wildman–Crippen MR) is 334 cm³/mol. The number of aliphatic hydroxyl groups is 6. The van der Waals surface area contributed by atoms with Crippen molar-refractivity contribution in [1.29, 1.82) is 0 Å². The van der Waals surface area contributed by atoms with E-state index in [1.54, 1.807) is 184 Å². The molecule has 4 aromatic carbocycles. The third-order valence-electron chi connectivity index (χ3n) is 10.7. The van der Waals surface area contributed by atoms with Gasteiger partial charge in [0.05, 0.1) is 56.9 Å². The fourth-order valence-electron chi connectivity index (χ4n) is 5.68. The number of carbonyl (C=O) groups is 4. The first-order valence-corrected chi connectivity index (χ1v) is 27.5. The number of aliphatic hydroxyl groups excluding tert-OH is 6. The van der Waals surface area contributed by atoms with Gasteiger partial charge in [0.1, 0.15) is 23.0 Å². The molecule has 0 saturated carbocycles. The van der Waals surface area contributed by atoms with Crippen molar-refractivity contribution < 1.29 is 133 Å². The predicted octanol–water partition coefficient (Wildman–Crippen LogP) is 13.5. The third kappa shape index (κ3) is 34.4. The first kappa shape index (κ1) is 86.7. The van der Waals surface area contributed by atoms with Gasteiger partial charge in [-0.05, 0) is 100 Å². The third-order valence-corrected chi connectivity index (χ3v) is 10.7. The number of methoxy groups -OCH3 is 8. The summed E-state index contributed by atoms with van der Waals surface area (Å²) in [6.07, 6.45) is 4.62. The average molecular weight is 1290 g/mol. The maximum absolute atomic E-state index is 11.8. The first-order valence-electron chi connectivity index (χ1n) is 26.9. The van der Waals surface area contributed by atoms with E-state index in [4.69, 9.17) is 51.4 Å². The van der Waals surface area contributed by atoms with Crippen LogP contribution in [0.3, 0.4) is 0 Å². The van der Waals surface area contributed by atoms with E-state index in [1.807, 2.05) is 0 Å². The molecule has 0 aliphatic heterocycles. The van der Waals surface area contributed by atoms with Crippen molar-refractivity contribution in [3.05, 3.63) is 119 Å². The van der Waals surface area contributed by atoms with Gasteiger partial charge in [0, 0.05) is 102 Å². The Morgan fingerprint density at radius 3 is 0.563 bits per heavy atom. The van der Waals surface area contributed by atoms with E-state index in [-0.39, 0.29) is 80.1 Å². The van der Waals surface area contributed by atoms with Gasteiger partial charge in [0.2, 0.25) is 0 Å². The Morgan fingerprint density at radius 2 is 0.460 bits per heavy atom. The summed E-state index contributed by atoms with van der Waals surface area (Å²) >= 11 is 0.750. The number of ether oxygens (including phenoxy) is 8. The molecule has 0 saturated heterocycles. The van der Waals surface area contributed by atoms with Crippen molar-refractivity contribution in [3.8, 4) is 46.0 Å². The molecule has 0 bridgehead atoms. The van der Waals surface area contributed by atoms with Crippen LogP contribution in [0.15, 0.2) is 97.1 Å². The molecule has 0 fully saturated rings. The van der Waals surface area contributed by atoms with Gasteiger partial charge in [-0.1, -0.05) is 83.1 Å². The molecule has 4 rings (SSSR count). The first-order chi connectivity index (χ1) is 39.6. The number of hydrogen-bond donors (Lipinski definition) is 6. The summed E-state index contributed by atoms with van der Waals surface area (Å²) in [5.41, 5.74) is -0.0551. The summed E-state index contributed by atoms with van der Waals surface area (Å²) in [6.45, 7) is 28.5. The molecule has 482 valence electrons. The Hall–Kier alpha value is -6.73. The summed E-state index contributed by atoms with van der Waals surface area (Å²) in [5, 5.41) is 56.0. The number of allylic oxidation sites excluding steroid dienone is 4. The molecule has 0 spiro atoms. The van der Waals surface area contributed by atoms with Gasteiger partial charge in [-0.15, -0.1) is 0 Å². The van der Waals surface area contributed by atoms with Crippen molar-refractivity contribution in [3.63, 3.8) is 0 Å². The molecule has 0 aliphatic rings. The minimum Gasteiger partial charge on any atom is 0 e. The molecular formula is C66H96O19Ti2. The van der Waals surface area contributed by atoms with E-state index in [0.717, 1.165) is 20.4 Å². The minimum atomic E-state index is -0.523. The van der Waals surface area contributed by atoms with Crippen LogP contribution in [0.4, 0.5) is 0 Å². The molecule has 0 aromatic heterocycles. The van der Waals surface area contributed by atoms with Crippen molar-refractivity contribution in [2.75, 3.05) is 56.9 Å². The van der Waals surface area contributed by atoms with Crippen LogP contribution in [-0.4, -0.2) is 123 Å². The second-order valence-corrected chi connectivity index (χ2v) is 23.0. The fourth-order valence-corrected chi connectivity index (χ4v) is 5.68. The van der Waals surface area contributed by atoms with Gasteiger partial charge in [0.15, 0.2) is 69.1 Å². The molecule has 6 N–H and O–H groups in total. The smallest absolute Gasteiger partial charge is 0 e. The van der Waals surface area contributed by atoms with Crippen molar-refractivity contribution >= 4 is 46.2 Å². The summed E-state index contributed by atoms with van der Waals surface area (Å²) in [4.78, 5) is 47.3. The summed E-state index contributed by atoms with van der Waals surface area (Å²) in [5.74, 6) is 3.41. The second-order valence-electron chi connectivity index (χ2n) is 23.0. The quantitative estimate of drug-likeness (QED) is 0.0345. The monoisotopic (exact) mass is 1290 g/mol. The Kier molecular flexibility index (Phi) is 42.1. The van der Waals surface area contributed by atoms with Crippen LogP contribution in [0.25, 0.3) is 23.0 Å². The molecular weight excluding hydrogens is 1190 g/mol. The largest absolute Gasteiger partial charge is 0 e. The van der Waals surface area contributed by atoms with Gasteiger partial charge >= 0.3 is 23.7 Å². The molecule has 87 heavy (non-hydrogen) atoms. The zero-order valence-electron chi connectivity index (χ0n) is 55.4. The van der Waals surface area contributed by atoms with E-state index in [2.05, 4.69) is 0 Å². The number of hydrogen-bond acceptors (Lipinski definition) is 19. The molecule has 0 unspecified atom stereocenters. The number of carbonyl (C=O) groups excluding carboxylic acids is 4. The van der Waals surface area contributed by atoms with E-state index in [9.17, 15) is 39.6 Å². The molecule has 0 amide bonds. The van der Waals surface area contributed by atoms with Gasteiger partial charge < -0.3 is 68.5 Å². The van der Waals surface area contributed by atoms with E-state index in [1.165, 1.54) is 81.2 Å². The van der Waals surface area contributed by atoms with Gasteiger partial charge in [0.25, 0.3) is 0 Å². The maximum atomic E-state index is 11.8. The molecule has 0 heterocycles. The van der Waals surface area contributed by atoms with E-state index >= 15 is 0 Å². The van der Waals surface area contributed by atoms with E-state index in [0.29, 0.717) is 68.2 Å². The molecule has 0 aliphatic carbocycles. The second kappa shape index (κ2) is 42.2. The van der Waals surface area contributed by atoms with Gasteiger partial charge in [-0.25, -0.2) is 0 Å². The zero-order chi connectivity index (χ0) is 67.7. The standard InChI is InChI=1S/4C15H20O4.2C3H8O.O.2Ti/c4*1-15(2,3)14(17)9-11(16)10-6-7-12(18-4)13(8-10)19-5;2*1-3(2)4;;;/h4*6-9,16H,1-5H3;2*3-4H,1-2H3;;;/b4*11-9-;;;;;. The minimum absolute atomic E-state index is 0. The van der Waals surface area contributed by atoms with Crippen LogP contribution in [0.2, 0.25) is 0 Å². The Morgan fingerprint density at radius 1 is 0.333 bits per heavy atom. The summed E-state index contributed by atoms with van der Waals surface area (Å²) in [6, 6.07) is 19.9. The van der Waals surface area contributed by atoms with Crippen LogP contribution in [0.5, 0.6) is 46.0 Å². The Labute approximate surface area is 543 Å². The van der Waals surface area contributed by atoms with Gasteiger partial charge in [-0.3, -0.25) is 19.2 Å². The zero-order valence-corrected chi connectivity index (χ0v) is 58.5.